The van der Waals surface area contributed by atoms with Gasteiger partial charge in [0.2, 0.25) is 0 Å². The number of esters is 1. The Morgan fingerprint density at radius 3 is 2.72 bits per heavy atom. The molecule has 0 aliphatic heterocycles. The van der Waals surface area contributed by atoms with E-state index < -0.39 is 5.97 Å². The molecule has 5 heteroatoms. The van der Waals surface area contributed by atoms with Gasteiger partial charge in [0.25, 0.3) is 0 Å². The van der Waals surface area contributed by atoms with Gasteiger partial charge in [0.15, 0.2) is 12.5 Å². The highest BCUT2D eigenvalue weighted by atomic mass is 16.7. The average molecular weight is 247 g/mol. The van der Waals surface area contributed by atoms with Crippen LogP contribution >= 0.6 is 0 Å². The fraction of sp³-hybridized carbons (Fsp3) is 0.231. The second-order valence-electron chi connectivity index (χ2n) is 3.77. The van der Waals surface area contributed by atoms with E-state index in [0.29, 0.717) is 6.61 Å². The lowest BCUT2D eigenvalue weighted by Crippen LogP contribution is -2.09. The fourth-order valence-corrected chi connectivity index (χ4v) is 1.33. The van der Waals surface area contributed by atoms with Crippen LogP contribution in [0.3, 0.4) is 0 Å². The Morgan fingerprint density at radius 2 is 2.06 bits per heavy atom. The molecule has 1 heterocycles. The molecular formula is C13H13NO4. The van der Waals surface area contributed by atoms with Crippen LogP contribution in [-0.4, -0.2) is 17.9 Å². The normalized spacial score (nSPS) is 10.3. The highest BCUT2D eigenvalue weighted by Crippen LogP contribution is 2.05. The average Bonchev–Trinajstić information content (AvgIpc) is 2.90. The number of hydrogen-bond donors (Lipinski definition) is 0. The highest BCUT2D eigenvalue weighted by molar-refractivity contribution is 5.86. The van der Waals surface area contributed by atoms with Crippen LogP contribution in [0.5, 0.6) is 0 Å². The van der Waals surface area contributed by atoms with Gasteiger partial charge in [-0.25, -0.2) is 4.79 Å². The van der Waals surface area contributed by atoms with Gasteiger partial charge in [-0.05, 0) is 12.5 Å². The molecule has 2 rings (SSSR count). The van der Waals surface area contributed by atoms with E-state index >= 15 is 0 Å². The quantitative estimate of drug-likeness (QED) is 0.461. The Bertz CT molecular complexity index is 490. The number of aromatic nitrogens is 1. The third-order valence-corrected chi connectivity index (χ3v) is 2.31. The monoisotopic (exact) mass is 247 g/mol. The number of benzene rings is 1. The molecule has 2 aromatic rings. The number of carbonyl (C=O) groups is 1. The smallest absolute Gasteiger partial charge is 0.362 e. The number of hydrogen-bond acceptors (Lipinski definition) is 5. The van der Waals surface area contributed by atoms with E-state index in [1.807, 2.05) is 31.2 Å². The van der Waals surface area contributed by atoms with E-state index in [4.69, 9.17) is 9.47 Å². The molecule has 0 fully saturated rings. The van der Waals surface area contributed by atoms with Gasteiger partial charge in [0.1, 0.15) is 6.26 Å². The van der Waals surface area contributed by atoms with Crippen molar-refractivity contribution in [3.63, 3.8) is 0 Å². The van der Waals surface area contributed by atoms with Crippen molar-refractivity contribution in [2.75, 3.05) is 6.79 Å². The van der Waals surface area contributed by atoms with Gasteiger partial charge in [0, 0.05) is 6.07 Å². The highest BCUT2D eigenvalue weighted by Gasteiger charge is 2.09. The van der Waals surface area contributed by atoms with Gasteiger partial charge in [-0.2, -0.15) is 0 Å². The van der Waals surface area contributed by atoms with Crippen molar-refractivity contribution in [2.24, 2.45) is 0 Å². The lowest BCUT2D eigenvalue weighted by atomic mass is 10.2. The number of carbonyl (C=O) groups excluding carboxylic acids is 1. The van der Waals surface area contributed by atoms with Gasteiger partial charge < -0.3 is 14.0 Å². The van der Waals surface area contributed by atoms with Crippen LogP contribution in [0.1, 0.15) is 21.6 Å². The van der Waals surface area contributed by atoms with E-state index in [1.54, 1.807) is 0 Å². The first-order valence-electron chi connectivity index (χ1n) is 5.46. The van der Waals surface area contributed by atoms with Crippen LogP contribution in [0.25, 0.3) is 0 Å². The molecule has 1 aromatic heterocycles. The number of nitrogens with zero attached hydrogens (tertiary/aromatic N) is 1. The summed E-state index contributed by atoms with van der Waals surface area (Å²) in [5, 5.41) is 3.46. The Kier molecular flexibility index (Phi) is 4.09. The third kappa shape index (κ3) is 3.43. The van der Waals surface area contributed by atoms with Crippen LogP contribution in [0.2, 0.25) is 0 Å². The lowest BCUT2D eigenvalue weighted by molar-refractivity contribution is -0.0387. The zero-order valence-electron chi connectivity index (χ0n) is 9.96. The van der Waals surface area contributed by atoms with Gasteiger partial charge in [-0.1, -0.05) is 35.0 Å². The van der Waals surface area contributed by atoms with E-state index in [9.17, 15) is 4.79 Å². The van der Waals surface area contributed by atoms with Crippen LogP contribution in [0, 0.1) is 6.92 Å². The molecule has 0 aliphatic rings. The Labute approximate surface area is 104 Å². The molecule has 0 aliphatic carbocycles. The van der Waals surface area contributed by atoms with Gasteiger partial charge in [0.05, 0.1) is 6.61 Å². The molecule has 0 bridgehead atoms. The molecule has 0 saturated heterocycles. The molecule has 5 nitrogen and oxygen atoms in total. The van der Waals surface area contributed by atoms with E-state index in [1.165, 1.54) is 17.9 Å². The topological polar surface area (TPSA) is 61.6 Å². The third-order valence-electron chi connectivity index (χ3n) is 2.31. The maximum atomic E-state index is 11.3. The summed E-state index contributed by atoms with van der Waals surface area (Å²) in [6.07, 6.45) is 1.31. The molecular weight excluding hydrogens is 234 g/mol. The van der Waals surface area contributed by atoms with Crippen molar-refractivity contribution in [3.8, 4) is 0 Å². The van der Waals surface area contributed by atoms with E-state index in [0.717, 1.165) is 5.56 Å². The standard InChI is InChI=1S/C13H13NO4/c1-10-2-4-11(5-3-10)8-16-9-17-13(15)12-6-7-18-14-12/h2-7H,8-9H2,1H3. The summed E-state index contributed by atoms with van der Waals surface area (Å²) in [4.78, 5) is 11.3. The first kappa shape index (κ1) is 12.3. The second-order valence-corrected chi connectivity index (χ2v) is 3.77. The predicted octanol–water partition coefficient (Wildman–Crippen LogP) is 2.31. The molecule has 0 saturated carbocycles. The molecule has 18 heavy (non-hydrogen) atoms. The summed E-state index contributed by atoms with van der Waals surface area (Å²) in [5.74, 6) is -0.562. The summed E-state index contributed by atoms with van der Waals surface area (Å²) < 4.78 is 14.6. The van der Waals surface area contributed by atoms with Crippen LogP contribution in [-0.2, 0) is 16.1 Å². The Morgan fingerprint density at radius 1 is 1.28 bits per heavy atom. The molecule has 94 valence electrons. The van der Waals surface area contributed by atoms with Crippen LogP contribution < -0.4 is 0 Å². The molecule has 0 radical (unpaired) electrons. The zero-order chi connectivity index (χ0) is 12.8. The zero-order valence-corrected chi connectivity index (χ0v) is 9.96. The Hall–Kier alpha value is -2.14. The number of ether oxygens (including phenoxy) is 2. The second kappa shape index (κ2) is 5.97. The maximum Gasteiger partial charge on any atom is 0.362 e. The SMILES string of the molecule is Cc1ccc(COCOC(=O)c2ccon2)cc1. The first-order valence-corrected chi connectivity index (χ1v) is 5.46. The summed E-state index contributed by atoms with van der Waals surface area (Å²) in [5.41, 5.74) is 2.35. The van der Waals surface area contributed by atoms with Crippen molar-refractivity contribution in [1.82, 2.24) is 5.16 Å². The minimum atomic E-state index is -0.562. The largest absolute Gasteiger partial charge is 0.434 e. The summed E-state index contributed by atoms with van der Waals surface area (Å²) in [6.45, 7) is 2.30. The van der Waals surface area contributed by atoms with Crippen LogP contribution in [0.4, 0.5) is 0 Å². The molecule has 0 unspecified atom stereocenters. The fourth-order valence-electron chi connectivity index (χ4n) is 1.33. The van der Waals surface area contributed by atoms with Gasteiger partial charge >= 0.3 is 5.97 Å². The van der Waals surface area contributed by atoms with Crippen molar-refractivity contribution in [1.29, 1.82) is 0 Å². The Balaban J connectivity index is 1.70. The molecule has 1 aromatic carbocycles. The van der Waals surface area contributed by atoms with Crippen LogP contribution in [0.15, 0.2) is 41.1 Å². The molecule has 0 N–H and O–H groups in total. The summed E-state index contributed by atoms with van der Waals surface area (Å²) in [6, 6.07) is 9.37. The minimum absolute atomic E-state index is 0.112. The molecule has 0 spiro atoms. The summed E-state index contributed by atoms with van der Waals surface area (Å²) in [7, 11) is 0. The predicted molar refractivity (Wildman–Crippen MR) is 62.8 cm³/mol. The van der Waals surface area contributed by atoms with Crippen molar-refractivity contribution in [3.05, 3.63) is 53.4 Å². The molecule has 0 atom stereocenters. The van der Waals surface area contributed by atoms with Crippen molar-refractivity contribution in [2.45, 2.75) is 13.5 Å². The van der Waals surface area contributed by atoms with E-state index in [-0.39, 0.29) is 12.5 Å². The van der Waals surface area contributed by atoms with Crippen molar-refractivity contribution < 1.29 is 18.8 Å². The lowest BCUT2D eigenvalue weighted by Gasteiger charge is -2.05. The van der Waals surface area contributed by atoms with E-state index in [2.05, 4.69) is 9.68 Å². The number of aryl methyl sites for hydroxylation is 1. The minimum Gasteiger partial charge on any atom is -0.434 e. The van der Waals surface area contributed by atoms with Gasteiger partial charge in [-0.3, -0.25) is 0 Å². The van der Waals surface area contributed by atoms with Gasteiger partial charge in [-0.15, -0.1) is 0 Å². The first-order chi connectivity index (χ1) is 8.75. The molecule has 0 amide bonds. The van der Waals surface area contributed by atoms with Crippen molar-refractivity contribution >= 4 is 5.97 Å². The maximum absolute atomic E-state index is 11.3. The summed E-state index contributed by atoms with van der Waals surface area (Å²) >= 11 is 0. The number of rotatable bonds is 5.